The average molecular weight is 264 g/mol. The first-order valence-electron chi connectivity index (χ1n) is 5.27. The third-order valence-corrected chi connectivity index (χ3v) is 2.80. The molecule has 0 saturated heterocycles. The van der Waals surface area contributed by atoms with Crippen LogP contribution in [-0.2, 0) is 9.53 Å². The Labute approximate surface area is 93.7 Å². The SMILES string of the molecule is O=C(CCBr)NCCOC1CCCC1. The Balaban J connectivity index is 1.90. The summed E-state index contributed by atoms with van der Waals surface area (Å²) in [6.45, 7) is 1.29. The summed E-state index contributed by atoms with van der Waals surface area (Å²) < 4.78 is 5.61. The molecule has 1 amide bonds. The fourth-order valence-electron chi connectivity index (χ4n) is 1.65. The van der Waals surface area contributed by atoms with E-state index >= 15 is 0 Å². The summed E-state index contributed by atoms with van der Waals surface area (Å²) in [5, 5.41) is 3.54. The van der Waals surface area contributed by atoms with Crippen LogP contribution in [0.2, 0.25) is 0 Å². The lowest BCUT2D eigenvalue weighted by molar-refractivity contribution is -0.121. The lowest BCUT2D eigenvalue weighted by Crippen LogP contribution is -2.28. The third-order valence-electron chi connectivity index (χ3n) is 2.40. The number of carbonyl (C=O) groups excluding carboxylic acids is 1. The Morgan fingerprint density at radius 2 is 2.14 bits per heavy atom. The molecule has 0 unspecified atom stereocenters. The van der Waals surface area contributed by atoms with Gasteiger partial charge in [-0.25, -0.2) is 0 Å². The predicted octanol–water partition coefficient (Wildman–Crippen LogP) is 1.85. The molecule has 1 aliphatic carbocycles. The minimum Gasteiger partial charge on any atom is -0.376 e. The molecule has 0 aromatic carbocycles. The summed E-state index contributed by atoms with van der Waals surface area (Å²) in [6.07, 6.45) is 5.96. The van der Waals surface area contributed by atoms with Crippen molar-refractivity contribution in [1.82, 2.24) is 5.32 Å². The van der Waals surface area contributed by atoms with Crippen molar-refractivity contribution in [1.29, 1.82) is 0 Å². The monoisotopic (exact) mass is 263 g/mol. The van der Waals surface area contributed by atoms with Gasteiger partial charge in [0, 0.05) is 18.3 Å². The molecule has 1 N–H and O–H groups in total. The fourth-order valence-corrected chi connectivity index (χ4v) is 2.01. The van der Waals surface area contributed by atoms with Crippen LogP contribution in [0.4, 0.5) is 0 Å². The van der Waals surface area contributed by atoms with Gasteiger partial charge in [0.1, 0.15) is 0 Å². The molecular weight excluding hydrogens is 246 g/mol. The summed E-state index contributed by atoms with van der Waals surface area (Å²) in [6, 6.07) is 0. The Morgan fingerprint density at radius 1 is 1.43 bits per heavy atom. The Hall–Kier alpha value is -0.0900. The highest BCUT2D eigenvalue weighted by molar-refractivity contribution is 9.09. The van der Waals surface area contributed by atoms with Gasteiger partial charge in [0.2, 0.25) is 5.91 Å². The largest absolute Gasteiger partial charge is 0.376 e. The highest BCUT2D eigenvalue weighted by Crippen LogP contribution is 2.20. The molecule has 3 nitrogen and oxygen atoms in total. The number of hydrogen-bond donors (Lipinski definition) is 1. The first-order chi connectivity index (χ1) is 6.83. The van der Waals surface area contributed by atoms with Crippen molar-refractivity contribution in [2.45, 2.75) is 38.2 Å². The second-order valence-electron chi connectivity index (χ2n) is 3.57. The van der Waals surface area contributed by atoms with Crippen molar-refractivity contribution in [2.75, 3.05) is 18.5 Å². The smallest absolute Gasteiger partial charge is 0.220 e. The number of nitrogens with one attached hydrogen (secondary N) is 1. The van der Waals surface area contributed by atoms with Crippen LogP contribution >= 0.6 is 15.9 Å². The molecule has 0 spiro atoms. The summed E-state index contributed by atoms with van der Waals surface area (Å²) in [4.78, 5) is 11.0. The van der Waals surface area contributed by atoms with Gasteiger partial charge in [0.05, 0.1) is 12.7 Å². The average Bonchev–Trinajstić information content (AvgIpc) is 2.65. The van der Waals surface area contributed by atoms with E-state index in [0.29, 0.717) is 25.7 Å². The van der Waals surface area contributed by atoms with E-state index in [-0.39, 0.29) is 5.91 Å². The molecule has 0 aromatic rings. The molecule has 1 fully saturated rings. The number of hydrogen-bond acceptors (Lipinski definition) is 2. The molecule has 14 heavy (non-hydrogen) atoms. The van der Waals surface area contributed by atoms with Crippen molar-refractivity contribution in [3.8, 4) is 0 Å². The number of ether oxygens (including phenoxy) is 1. The maximum absolute atomic E-state index is 11.0. The molecule has 1 aliphatic rings. The zero-order chi connectivity index (χ0) is 10.2. The Morgan fingerprint density at radius 3 is 2.79 bits per heavy atom. The van der Waals surface area contributed by atoms with Crippen LogP contribution in [0.1, 0.15) is 32.1 Å². The summed E-state index contributed by atoms with van der Waals surface area (Å²) in [5.74, 6) is 0.0943. The summed E-state index contributed by atoms with van der Waals surface area (Å²) in [7, 11) is 0. The van der Waals surface area contributed by atoms with Crippen LogP contribution < -0.4 is 5.32 Å². The van der Waals surface area contributed by atoms with Gasteiger partial charge in [-0.15, -0.1) is 0 Å². The molecule has 0 aromatic heterocycles. The van der Waals surface area contributed by atoms with Crippen molar-refractivity contribution < 1.29 is 9.53 Å². The van der Waals surface area contributed by atoms with Gasteiger partial charge in [-0.2, -0.15) is 0 Å². The molecule has 0 aliphatic heterocycles. The lowest BCUT2D eigenvalue weighted by atomic mass is 10.3. The third kappa shape index (κ3) is 4.96. The van der Waals surface area contributed by atoms with Gasteiger partial charge in [-0.05, 0) is 12.8 Å². The van der Waals surface area contributed by atoms with E-state index in [0.717, 1.165) is 5.33 Å². The zero-order valence-corrected chi connectivity index (χ0v) is 10.0. The fraction of sp³-hybridized carbons (Fsp3) is 0.900. The van der Waals surface area contributed by atoms with E-state index in [9.17, 15) is 4.79 Å². The molecule has 0 radical (unpaired) electrons. The van der Waals surface area contributed by atoms with Crippen LogP contribution in [0, 0.1) is 0 Å². The van der Waals surface area contributed by atoms with Crippen molar-refractivity contribution in [3.63, 3.8) is 0 Å². The van der Waals surface area contributed by atoms with Crippen LogP contribution in [0.3, 0.4) is 0 Å². The van der Waals surface area contributed by atoms with E-state index < -0.39 is 0 Å². The predicted molar refractivity (Wildman–Crippen MR) is 59.6 cm³/mol. The van der Waals surface area contributed by atoms with E-state index in [2.05, 4.69) is 21.2 Å². The Kier molecular flexibility index (Phi) is 6.19. The van der Waals surface area contributed by atoms with E-state index in [1.54, 1.807) is 0 Å². The topological polar surface area (TPSA) is 38.3 Å². The first-order valence-corrected chi connectivity index (χ1v) is 6.39. The molecule has 4 heteroatoms. The van der Waals surface area contributed by atoms with Gasteiger partial charge >= 0.3 is 0 Å². The number of carbonyl (C=O) groups is 1. The molecule has 1 saturated carbocycles. The van der Waals surface area contributed by atoms with Gasteiger partial charge in [-0.3, -0.25) is 4.79 Å². The highest BCUT2D eigenvalue weighted by atomic mass is 79.9. The highest BCUT2D eigenvalue weighted by Gasteiger charge is 2.14. The first kappa shape index (κ1) is 12.0. The van der Waals surface area contributed by atoms with Gasteiger partial charge in [0.15, 0.2) is 0 Å². The molecule has 0 atom stereocenters. The van der Waals surface area contributed by atoms with Gasteiger partial charge < -0.3 is 10.1 Å². The van der Waals surface area contributed by atoms with Gasteiger partial charge in [-0.1, -0.05) is 28.8 Å². The van der Waals surface area contributed by atoms with Crippen molar-refractivity contribution in [3.05, 3.63) is 0 Å². The quantitative estimate of drug-likeness (QED) is 0.587. The van der Waals surface area contributed by atoms with E-state index in [1.165, 1.54) is 25.7 Å². The molecule has 1 rings (SSSR count). The molecule has 0 bridgehead atoms. The van der Waals surface area contributed by atoms with E-state index in [1.807, 2.05) is 0 Å². The summed E-state index contributed by atoms with van der Waals surface area (Å²) >= 11 is 3.22. The van der Waals surface area contributed by atoms with Crippen molar-refractivity contribution in [2.24, 2.45) is 0 Å². The second-order valence-corrected chi connectivity index (χ2v) is 4.36. The number of halogens is 1. The molecular formula is C10H18BrNO2. The molecule has 82 valence electrons. The van der Waals surface area contributed by atoms with Gasteiger partial charge in [0.25, 0.3) is 0 Å². The van der Waals surface area contributed by atoms with Crippen molar-refractivity contribution >= 4 is 21.8 Å². The maximum atomic E-state index is 11.0. The maximum Gasteiger partial charge on any atom is 0.220 e. The van der Waals surface area contributed by atoms with Crippen LogP contribution in [-0.4, -0.2) is 30.5 Å². The van der Waals surface area contributed by atoms with Crippen LogP contribution in [0.15, 0.2) is 0 Å². The minimum absolute atomic E-state index is 0.0943. The lowest BCUT2D eigenvalue weighted by Gasteiger charge is -2.11. The number of amides is 1. The normalized spacial score (nSPS) is 17.2. The van der Waals surface area contributed by atoms with Crippen LogP contribution in [0.25, 0.3) is 0 Å². The summed E-state index contributed by atoms with van der Waals surface area (Å²) in [5.41, 5.74) is 0. The zero-order valence-electron chi connectivity index (χ0n) is 8.43. The number of rotatable bonds is 6. The number of alkyl halides is 1. The van der Waals surface area contributed by atoms with Crippen LogP contribution in [0.5, 0.6) is 0 Å². The molecule has 0 heterocycles. The Bertz CT molecular complexity index is 170. The standard InChI is InChI=1S/C10H18BrNO2/c11-6-5-10(13)12-7-8-14-9-3-1-2-4-9/h9H,1-8H2,(H,12,13). The minimum atomic E-state index is 0.0943. The van der Waals surface area contributed by atoms with E-state index in [4.69, 9.17) is 4.74 Å². The second kappa shape index (κ2) is 7.23.